The zero-order valence-corrected chi connectivity index (χ0v) is 70.2. The fraction of sp³-hybridized carbons (Fsp3) is 0.545. The smallest absolute Gasteiger partial charge is 0.321 e. The van der Waals surface area contributed by atoms with Crippen LogP contribution in [0.5, 0.6) is 0 Å². The number of hydrogen-bond donors (Lipinski definition) is 1. The molecule has 0 saturated heterocycles. The first-order chi connectivity index (χ1) is 46.8. The first-order valence-corrected chi connectivity index (χ1v) is 40.7. The number of nitrogens with zero attached hydrogens (tertiary/aromatic N) is 10. The van der Waals surface area contributed by atoms with Gasteiger partial charge in [-0.15, -0.1) is 93.5 Å². The second-order valence-corrected chi connectivity index (χ2v) is 36.4. The van der Waals surface area contributed by atoms with Crippen LogP contribution in [0, 0.1) is 20.8 Å². The van der Waals surface area contributed by atoms with Crippen LogP contribution in [-0.2, 0) is 5.92 Å². The van der Waals surface area contributed by atoms with E-state index in [1.54, 1.807) is 33.7 Å². The van der Waals surface area contributed by atoms with Crippen LogP contribution >= 0.6 is 79.4 Å². The van der Waals surface area contributed by atoms with Gasteiger partial charge in [0, 0.05) is 50.2 Å². The van der Waals surface area contributed by atoms with Gasteiger partial charge in [-0.25, -0.2) is 9.67 Å². The van der Waals surface area contributed by atoms with Crippen LogP contribution in [0.4, 0.5) is 14.8 Å². The Kier molecular flexibility index (Phi) is 30.7. The fourth-order valence-electron chi connectivity index (χ4n) is 10.7. The summed E-state index contributed by atoms with van der Waals surface area (Å²) in [5, 5.41) is 36.0. The molecular formula is C77H109F2N11O3S7. The molecule has 11 rings (SSSR count). The normalized spacial score (nSPS) is 11.8. The number of anilines is 1. The minimum absolute atomic E-state index is 0.167. The highest BCUT2D eigenvalue weighted by atomic mass is 32.1. The Balaban J connectivity index is 0.000000190. The maximum atomic E-state index is 13.1. The van der Waals surface area contributed by atoms with Gasteiger partial charge in [-0.3, -0.25) is 0 Å². The molecule has 1 N–H and O–H groups in total. The lowest BCUT2D eigenvalue weighted by atomic mass is 9.99. The summed E-state index contributed by atoms with van der Waals surface area (Å²) < 4.78 is 43.9. The van der Waals surface area contributed by atoms with Gasteiger partial charge < -0.3 is 18.7 Å². The second kappa shape index (κ2) is 37.0. The van der Waals surface area contributed by atoms with Crippen LogP contribution in [0.15, 0.2) is 67.5 Å². The molecule has 0 amide bonds. The molecule has 11 heterocycles. The molecule has 0 bridgehead atoms. The number of thiophene rings is 6. The zero-order chi connectivity index (χ0) is 74.5. The van der Waals surface area contributed by atoms with Crippen molar-refractivity contribution >= 4 is 85.4 Å². The van der Waals surface area contributed by atoms with E-state index in [0.717, 1.165) is 48.0 Å². The van der Waals surface area contributed by atoms with Crippen molar-refractivity contribution in [3.63, 3.8) is 0 Å². The average molecular weight is 1500 g/mol. The van der Waals surface area contributed by atoms with E-state index in [2.05, 4.69) is 253 Å². The van der Waals surface area contributed by atoms with Crippen molar-refractivity contribution in [2.45, 2.75) is 271 Å². The molecule has 0 unspecified atom stereocenters. The molecule has 0 saturated carbocycles. The minimum atomic E-state index is -3.11. The molecule has 546 valence electrons. The van der Waals surface area contributed by atoms with E-state index < -0.39 is 11.8 Å². The molecule has 14 nitrogen and oxygen atoms in total. The van der Waals surface area contributed by atoms with Crippen LogP contribution in [0.2, 0.25) is 0 Å². The monoisotopic (exact) mass is 1500 g/mol. The molecule has 11 aromatic heterocycles. The summed E-state index contributed by atoms with van der Waals surface area (Å²) in [7, 11) is 1.81. The number of aryl methyl sites for hydroxylation is 3. The van der Waals surface area contributed by atoms with Gasteiger partial charge in [-0.05, 0) is 160 Å². The first kappa shape index (κ1) is 83.0. The SMILES string of the molecule is CC(C)c1cc(-c2nnc(C(C)(F)F)o2)sc1C(C)C.CC(C)c1ccsc1C(C)C.CNc1ncc(-c2cc(C(C)C)c(C(C)C)s2)o1.Cc1cn(-c2cc(C(C)C)c(C(C)C)s2)nn1.Cc1nc(-c2cc(C(C)C)c(C(C)C)s2)no1.Cc1nnc(-c2cc(C(C)C)c(C(C)C)s2)s1. The molecule has 0 aromatic carbocycles. The lowest BCUT2D eigenvalue weighted by Crippen LogP contribution is -2.06. The Morgan fingerprint density at radius 3 is 1.30 bits per heavy atom. The van der Waals surface area contributed by atoms with Crippen molar-refractivity contribution in [2.24, 2.45) is 0 Å². The minimum Gasteiger partial charge on any atom is -0.423 e. The average Bonchev–Trinajstić information content (AvgIpc) is 1.68. The number of nitrogens with one attached hydrogen (secondary N) is 1. The van der Waals surface area contributed by atoms with Crippen molar-refractivity contribution < 1.29 is 22.1 Å². The van der Waals surface area contributed by atoms with E-state index in [1.165, 1.54) is 74.0 Å². The highest BCUT2D eigenvalue weighted by Crippen LogP contribution is 2.44. The highest BCUT2D eigenvalue weighted by molar-refractivity contribution is 7.22. The van der Waals surface area contributed by atoms with Crippen molar-refractivity contribution in [1.29, 1.82) is 0 Å². The Morgan fingerprint density at radius 1 is 0.470 bits per heavy atom. The fourth-order valence-corrected chi connectivity index (χ4v) is 18.8. The van der Waals surface area contributed by atoms with Crippen LogP contribution < -0.4 is 5.32 Å². The lowest BCUT2D eigenvalue weighted by molar-refractivity contribution is -0.0105. The summed E-state index contributed by atoms with van der Waals surface area (Å²) in [6, 6.07) is 13.8. The number of rotatable bonds is 19. The van der Waals surface area contributed by atoms with Gasteiger partial charge in [0.2, 0.25) is 11.7 Å². The van der Waals surface area contributed by atoms with E-state index in [1.807, 2.05) is 90.1 Å². The number of aromatic nitrogens is 10. The largest absolute Gasteiger partial charge is 0.423 e. The van der Waals surface area contributed by atoms with Gasteiger partial charge in [-0.2, -0.15) is 13.8 Å². The predicted octanol–water partition coefficient (Wildman–Crippen LogP) is 26.9. The number of alkyl halides is 2. The third-order valence-electron chi connectivity index (χ3n) is 15.8. The van der Waals surface area contributed by atoms with Crippen LogP contribution in [0.3, 0.4) is 0 Å². The standard InChI is InChI=1S/C14H18F2N2OS.C14H20N2OS.C13H19N3S.C13H18N2OS.C13H18N2S2.C10H16S/c1-7(2)9-6-10(20-11(9)8(3)4)12-17-18-13(19-12)14(5,15)16;1-8(2)10-6-12(18-13(10)9(3)4)11-7-16-14(15-5)17-11;1-8(2)11-6-12(17-13(11)9(3)4)16-7-10(5)14-15-16;1-7(2)10-6-11(17-12(10)8(3)4)13-14-9(5)16-15-13;1-7(2)10-6-11(17-12(10)8(3)4)13-15-14-9(5)16-13;1-7(2)9-5-6-11-10(9)8(3)4/h6-8H,1-5H3;6-9H,1-5H3,(H,15,16);6-9H,1-5H3;2*6-8H,1-5H3;5-8H,1-4H3. The summed E-state index contributed by atoms with van der Waals surface area (Å²) in [5.41, 5.74) is 9.43. The van der Waals surface area contributed by atoms with Gasteiger partial charge in [0.25, 0.3) is 17.8 Å². The molecule has 0 aliphatic carbocycles. The summed E-state index contributed by atoms with van der Waals surface area (Å²) in [6.45, 7) is 59.8. The highest BCUT2D eigenvalue weighted by Gasteiger charge is 2.33. The van der Waals surface area contributed by atoms with Crippen molar-refractivity contribution in [3.8, 4) is 47.0 Å². The molecule has 0 atom stereocenters. The summed E-state index contributed by atoms with van der Waals surface area (Å²) >= 11 is 12.4. The van der Waals surface area contributed by atoms with E-state index >= 15 is 0 Å². The van der Waals surface area contributed by atoms with Gasteiger partial charge in [0.15, 0.2) is 10.8 Å². The molecule has 23 heteroatoms. The number of hydrogen-bond acceptors (Lipinski definition) is 20. The van der Waals surface area contributed by atoms with Crippen molar-refractivity contribution in [2.75, 3.05) is 12.4 Å². The molecule has 0 aliphatic heterocycles. The zero-order valence-electron chi connectivity index (χ0n) is 64.4. The first-order valence-electron chi connectivity index (χ1n) is 34.9. The lowest BCUT2D eigenvalue weighted by Gasteiger charge is -2.08. The van der Waals surface area contributed by atoms with Crippen LogP contribution in [-0.4, -0.2) is 57.6 Å². The summed E-state index contributed by atoms with van der Waals surface area (Å²) in [6.07, 6.45) is 3.76. The molecule has 0 fully saturated rings. The Labute approximate surface area is 622 Å². The Bertz CT molecular complexity index is 3880. The van der Waals surface area contributed by atoms with Gasteiger partial charge >= 0.3 is 5.92 Å². The number of halogens is 2. The van der Waals surface area contributed by atoms with E-state index in [4.69, 9.17) is 13.4 Å². The molecule has 0 aliphatic rings. The molecule has 100 heavy (non-hydrogen) atoms. The summed E-state index contributed by atoms with van der Waals surface area (Å²) in [5.74, 6) is 5.15. The molecular weight excluding hydrogens is 1390 g/mol. The topological polar surface area (TPSA) is 172 Å². The molecule has 0 spiro atoms. The Morgan fingerprint density at radius 2 is 0.920 bits per heavy atom. The van der Waals surface area contributed by atoms with E-state index in [-0.39, 0.29) is 5.89 Å². The van der Waals surface area contributed by atoms with Crippen molar-refractivity contribution in [3.05, 3.63) is 139 Å². The third-order valence-corrected chi connectivity index (χ3v) is 25.3. The summed E-state index contributed by atoms with van der Waals surface area (Å²) in [4.78, 5) is 21.4. The van der Waals surface area contributed by atoms with E-state index in [9.17, 15) is 8.78 Å². The molecule has 0 radical (unpaired) electrons. The van der Waals surface area contributed by atoms with Gasteiger partial charge in [0.1, 0.15) is 10.0 Å². The van der Waals surface area contributed by atoms with Gasteiger partial charge in [0.05, 0.1) is 37.6 Å². The van der Waals surface area contributed by atoms with Gasteiger partial charge in [-0.1, -0.05) is 188 Å². The maximum absolute atomic E-state index is 13.1. The second-order valence-electron chi connectivity index (χ2n) is 28.9. The van der Waals surface area contributed by atoms with Crippen molar-refractivity contribution in [1.82, 2.24) is 50.5 Å². The molecule has 11 aromatic rings. The quantitative estimate of drug-likeness (QED) is 0.0811. The maximum Gasteiger partial charge on any atom is 0.321 e. The third kappa shape index (κ3) is 22.3. The van der Waals surface area contributed by atoms with Crippen LogP contribution in [0.1, 0.15) is 329 Å². The van der Waals surface area contributed by atoms with Crippen LogP contribution in [0.25, 0.3) is 47.0 Å². The Hall–Kier alpha value is -5.95. The predicted molar refractivity (Wildman–Crippen MR) is 424 cm³/mol. The van der Waals surface area contributed by atoms with E-state index in [0.29, 0.717) is 88.7 Å². The number of oxazole rings is 1.